The molecule has 0 N–H and O–H groups in total. The lowest BCUT2D eigenvalue weighted by Gasteiger charge is -2.11. The quantitative estimate of drug-likeness (QED) is 0.719. The highest BCUT2D eigenvalue weighted by atomic mass is 19.4. The zero-order valence-corrected chi connectivity index (χ0v) is 9.83. The van der Waals surface area contributed by atoms with Crippen LogP contribution < -0.4 is 4.84 Å². The Morgan fingerprint density at radius 3 is 2.11 bits per heavy atom. The lowest BCUT2D eigenvalue weighted by Crippen LogP contribution is -2.06. The molecule has 0 saturated heterocycles. The van der Waals surface area contributed by atoms with E-state index in [-0.39, 0.29) is 0 Å². The van der Waals surface area contributed by atoms with Gasteiger partial charge in [0.15, 0.2) is 5.75 Å². The van der Waals surface area contributed by atoms with Crippen LogP contribution in [0.5, 0.6) is 5.75 Å². The van der Waals surface area contributed by atoms with Crippen LogP contribution in [0.15, 0.2) is 29.4 Å². The number of hydrogen-bond donors (Lipinski definition) is 0. The summed E-state index contributed by atoms with van der Waals surface area (Å²) >= 11 is 0. The zero-order chi connectivity index (χ0) is 13.0. The Morgan fingerprint density at radius 1 is 0.944 bits per heavy atom. The van der Waals surface area contributed by atoms with Gasteiger partial charge in [-0.3, -0.25) is 0 Å². The van der Waals surface area contributed by atoms with E-state index in [9.17, 15) is 13.2 Å². The summed E-state index contributed by atoms with van der Waals surface area (Å²) in [6, 6.07) is 4.57. The van der Waals surface area contributed by atoms with Crippen molar-refractivity contribution in [3.63, 3.8) is 0 Å². The Bertz CT molecular complexity index is 415. The lowest BCUT2D eigenvalue weighted by atomic mass is 9.99. The average Bonchev–Trinajstić information content (AvgIpc) is 2.37. The molecule has 0 spiro atoms. The SMILES string of the molecule is FC(F)(F)c1ccc(ON=C2CCCCC2)cc1. The van der Waals surface area contributed by atoms with E-state index in [2.05, 4.69) is 5.16 Å². The molecule has 1 aromatic rings. The van der Waals surface area contributed by atoms with Gasteiger partial charge in [-0.15, -0.1) is 0 Å². The number of alkyl halides is 3. The number of halogens is 3. The van der Waals surface area contributed by atoms with Gasteiger partial charge in [0.25, 0.3) is 0 Å². The largest absolute Gasteiger partial charge is 0.416 e. The average molecular weight is 257 g/mol. The smallest absolute Gasteiger partial charge is 0.357 e. The number of benzene rings is 1. The summed E-state index contributed by atoms with van der Waals surface area (Å²) < 4.78 is 37.0. The molecule has 1 fully saturated rings. The van der Waals surface area contributed by atoms with Crippen LogP contribution in [0.2, 0.25) is 0 Å². The summed E-state index contributed by atoms with van der Waals surface area (Å²) in [5.41, 5.74) is 0.307. The van der Waals surface area contributed by atoms with Crippen molar-refractivity contribution in [1.82, 2.24) is 0 Å². The molecular weight excluding hydrogens is 243 g/mol. The second kappa shape index (κ2) is 5.42. The fourth-order valence-corrected chi connectivity index (χ4v) is 1.87. The van der Waals surface area contributed by atoms with Crippen molar-refractivity contribution in [3.05, 3.63) is 29.8 Å². The van der Waals surface area contributed by atoms with E-state index in [1.54, 1.807) is 0 Å². The van der Waals surface area contributed by atoms with Gasteiger partial charge >= 0.3 is 6.18 Å². The third kappa shape index (κ3) is 3.48. The van der Waals surface area contributed by atoms with Crippen molar-refractivity contribution in [2.24, 2.45) is 5.16 Å². The normalized spacial score (nSPS) is 16.5. The van der Waals surface area contributed by atoms with Gasteiger partial charge in [-0.25, -0.2) is 0 Å². The minimum Gasteiger partial charge on any atom is -0.357 e. The van der Waals surface area contributed by atoms with Crippen molar-refractivity contribution >= 4 is 5.71 Å². The van der Waals surface area contributed by atoms with Crippen LogP contribution in [0.4, 0.5) is 13.2 Å². The fraction of sp³-hybridized carbons (Fsp3) is 0.462. The van der Waals surface area contributed by atoms with E-state index in [1.165, 1.54) is 18.6 Å². The maximum absolute atomic E-state index is 12.3. The van der Waals surface area contributed by atoms with Crippen LogP contribution in [-0.2, 0) is 6.18 Å². The summed E-state index contributed by atoms with van der Waals surface area (Å²) in [4.78, 5) is 5.13. The zero-order valence-electron chi connectivity index (χ0n) is 9.83. The van der Waals surface area contributed by atoms with Crippen LogP contribution in [0.1, 0.15) is 37.7 Å². The van der Waals surface area contributed by atoms with Gasteiger partial charge in [0, 0.05) is 0 Å². The summed E-state index contributed by atoms with van der Waals surface area (Å²) in [7, 11) is 0. The first-order valence-electron chi connectivity index (χ1n) is 5.96. The molecule has 0 amide bonds. The van der Waals surface area contributed by atoms with Gasteiger partial charge in [0.05, 0.1) is 11.3 Å². The maximum atomic E-state index is 12.3. The first-order valence-corrected chi connectivity index (χ1v) is 5.96. The predicted molar refractivity (Wildman–Crippen MR) is 62.6 cm³/mol. The minimum atomic E-state index is -4.31. The molecule has 98 valence electrons. The minimum absolute atomic E-state index is 0.334. The van der Waals surface area contributed by atoms with Crippen LogP contribution in [0.3, 0.4) is 0 Å². The summed E-state index contributed by atoms with van der Waals surface area (Å²) in [6.07, 6.45) is 0.943. The van der Waals surface area contributed by atoms with Gasteiger partial charge in [-0.1, -0.05) is 11.6 Å². The first-order chi connectivity index (χ1) is 8.55. The van der Waals surface area contributed by atoms with E-state index in [1.807, 2.05) is 0 Å². The molecule has 1 aliphatic carbocycles. The molecule has 1 aromatic carbocycles. The molecule has 0 aromatic heterocycles. The molecule has 0 radical (unpaired) electrons. The van der Waals surface area contributed by atoms with Crippen LogP contribution in [0.25, 0.3) is 0 Å². The second-order valence-electron chi connectivity index (χ2n) is 4.33. The molecule has 2 nitrogen and oxygen atoms in total. The first kappa shape index (κ1) is 12.9. The Kier molecular flexibility index (Phi) is 3.89. The summed E-state index contributed by atoms with van der Waals surface area (Å²) in [6.45, 7) is 0. The number of hydrogen-bond acceptors (Lipinski definition) is 2. The van der Waals surface area contributed by atoms with Gasteiger partial charge < -0.3 is 4.84 Å². The summed E-state index contributed by atoms with van der Waals surface area (Å²) in [5, 5.41) is 3.98. The van der Waals surface area contributed by atoms with Crippen LogP contribution in [-0.4, -0.2) is 5.71 Å². The Balaban J connectivity index is 1.98. The molecule has 0 aliphatic heterocycles. The van der Waals surface area contributed by atoms with E-state index in [0.717, 1.165) is 43.5 Å². The van der Waals surface area contributed by atoms with Crippen molar-refractivity contribution in [1.29, 1.82) is 0 Å². The molecular formula is C13H14F3NO. The van der Waals surface area contributed by atoms with Gasteiger partial charge in [0.1, 0.15) is 0 Å². The summed E-state index contributed by atoms with van der Waals surface area (Å²) in [5.74, 6) is 0.334. The maximum Gasteiger partial charge on any atom is 0.416 e. The van der Waals surface area contributed by atoms with Gasteiger partial charge in [-0.05, 0) is 49.9 Å². The van der Waals surface area contributed by atoms with Gasteiger partial charge in [0.2, 0.25) is 0 Å². The van der Waals surface area contributed by atoms with E-state index in [0.29, 0.717) is 5.75 Å². The van der Waals surface area contributed by atoms with Crippen molar-refractivity contribution in [2.45, 2.75) is 38.3 Å². The Labute approximate surface area is 103 Å². The monoisotopic (exact) mass is 257 g/mol. The predicted octanol–water partition coefficient (Wildman–Crippen LogP) is 4.40. The third-order valence-electron chi connectivity index (χ3n) is 2.89. The molecule has 0 unspecified atom stereocenters. The van der Waals surface area contributed by atoms with Gasteiger partial charge in [-0.2, -0.15) is 13.2 Å². The Morgan fingerprint density at radius 2 is 1.56 bits per heavy atom. The highest BCUT2D eigenvalue weighted by Crippen LogP contribution is 2.30. The number of rotatable bonds is 2. The second-order valence-corrected chi connectivity index (χ2v) is 4.33. The standard InChI is InChI=1S/C13H14F3NO/c14-13(15,16)10-6-8-12(9-7-10)18-17-11-4-2-1-3-5-11/h6-9H,1-5H2. The van der Waals surface area contributed by atoms with Crippen molar-refractivity contribution in [2.75, 3.05) is 0 Å². The molecule has 5 heteroatoms. The molecule has 2 rings (SSSR count). The Hall–Kier alpha value is -1.52. The molecule has 0 heterocycles. The van der Waals surface area contributed by atoms with Crippen LogP contribution >= 0.6 is 0 Å². The lowest BCUT2D eigenvalue weighted by molar-refractivity contribution is -0.137. The number of oxime groups is 1. The van der Waals surface area contributed by atoms with E-state index >= 15 is 0 Å². The molecule has 0 bridgehead atoms. The topological polar surface area (TPSA) is 21.6 Å². The van der Waals surface area contributed by atoms with E-state index < -0.39 is 11.7 Å². The highest BCUT2D eigenvalue weighted by Gasteiger charge is 2.30. The number of nitrogens with zero attached hydrogens (tertiary/aromatic N) is 1. The van der Waals surface area contributed by atoms with Crippen molar-refractivity contribution in [3.8, 4) is 5.75 Å². The fourth-order valence-electron chi connectivity index (χ4n) is 1.87. The van der Waals surface area contributed by atoms with Crippen LogP contribution in [0, 0.1) is 0 Å². The van der Waals surface area contributed by atoms with E-state index in [4.69, 9.17) is 4.84 Å². The highest BCUT2D eigenvalue weighted by molar-refractivity contribution is 5.84. The molecule has 1 aliphatic rings. The van der Waals surface area contributed by atoms with Crippen molar-refractivity contribution < 1.29 is 18.0 Å². The third-order valence-corrected chi connectivity index (χ3v) is 2.89. The molecule has 0 atom stereocenters. The molecule has 1 saturated carbocycles. The molecule has 18 heavy (non-hydrogen) atoms.